The minimum absolute atomic E-state index is 0.563. The first kappa shape index (κ1) is 13.7. The van der Waals surface area contributed by atoms with Gasteiger partial charge in [0.15, 0.2) is 5.65 Å². The van der Waals surface area contributed by atoms with Crippen LogP contribution >= 0.6 is 22.7 Å². The molecule has 0 bridgehead atoms. The highest BCUT2D eigenvalue weighted by Crippen LogP contribution is 2.26. The Bertz CT molecular complexity index is 1140. The van der Waals surface area contributed by atoms with Crippen molar-refractivity contribution in [2.24, 2.45) is 0 Å². The van der Waals surface area contributed by atoms with Gasteiger partial charge in [0.2, 0.25) is 5.65 Å². The summed E-state index contributed by atoms with van der Waals surface area (Å²) in [5.74, 6) is 0. The lowest BCUT2D eigenvalue weighted by molar-refractivity contribution is 0.668. The van der Waals surface area contributed by atoms with Gasteiger partial charge in [-0.05, 0) is 28.5 Å². The van der Waals surface area contributed by atoms with Gasteiger partial charge in [0.1, 0.15) is 10.5 Å². The maximum Gasteiger partial charge on any atom is 0.221 e. The van der Waals surface area contributed by atoms with Crippen LogP contribution in [0.1, 0.15) is 5.56 Å². The van der Waals surface area contributed by atoms with Crippen LogP contribution in [-0.2, 0) is 6.54 Å². The van der Waals surface area contributed by atoms with Crippen LogP contribution in [0.15, 0.2) is 47.4 Å². The standard InChI is InChI=1S/C16H10N6S2/c1-3-11-10(9-24-16(11)17-5-1)8-22-15-14(20-21-22)18-7-12(19-15)13-4-2-6-23-13/h1-7,9H,8H2. The Hall–Kier alpha value is -2.71. The van der Waals surface area contributed by atoms with Crippen LogP contribution in [0, 0.1) is 0 Å². The van der Waals surface area contributed by atoms with E-state index in [0.29, 0.717) is 17.8 Å². The average Bonchev–Trinajstić information content (AvgIpc) is 3.35. The molecular weight excluding hydrogens is 340 g/mol. The largest absolute Gasteiger partial charge is 0.245 e. The summed E-state index contributed by atoms with van der Waals surface area (Å²) in [5.41, 5.74) is 3.27. The van der Waals surface area contributed by atoms with Gasteiger partial charge in [0.25, 0.3) is 0 Å². The molecule has 6 nitrogen and oxygen atoms in total. The number of aromatic nitrogens is 6. The number of thiophene rings is 2. The molecule has 0 unspecified atom stereocenters. The first-order valence-electron chi connectivity index (χ1n) is 7.30. The third kappa shape index (κ3) is 2.19. The fraction of sp³-hybridized carbons (Fsp3) is 0.0625. The molecule has 8 heteroatoms. The van der Waals surface area contributed by atoms with Gasteiger partial charge in [-0.1, -0.05) is 17.3 Å². The van der Waals surface area contributed by atoms with Crippen molar-refractivity contribution in [3.05, 3.63) is 53.0 Å². The molecule has 116 valence electrons. The molecule has 5 aromatic rings. The summed E-state index contributed by atoms with van der Waals surface area (Å²) in [6.07, 6.45) is 3.56. The molecule has 0 aliphatic carbocycles. The molecule has 0 saturated heterocycles. The van der Waals surface area contributed by atoms with Crippen molar-refractivity contribution in [2.45, 2.75) is 6.54 Å². The zero-order valence-electron chi connectivity index (χ0n) is 12.3. The van der Waals surface area contributed by atoms with E-state index in [2.05, 4.69) is 31.7 Å². The Balaban J connectivity index is 1.60. The van der Waals surface area contributed by atoms with E-state index in [-0.39, 0.29) is 0 Å². The van der Waals surface area contributed by atoms with Gasteiger partial charge in [-0.15, -0.1) is 27.8 Å². The van der Waals surface area contributed by atoms with E-state index < -0.39 is 0 Å². The third-order valence-corrected chi connectivity index (χ3v) is 5.59. The van der Waals surface area contributed by atoms with Crippen molar-refractivity contribution in [3.8, 4) is 10.6 Å². The zero-order chi connectivity index (χ0) is 15.9. The summed E-state index contributed by atoms with van der Waals surface area (Å²) < 4.78 is 1.80. The molecule has 5 heterocycles. The molecule has 0 N–H and O–H groups in total. The lowest BCUT2D eigenvalue weighted by Gasteiger charge is -2.02. The van der Waals surface area contributed by atoms with Gasteiger partial charge in [-0.3, -0.25) is 0 Å². The number of pyridine rings is 1. The molecule has 0 radical (unpaired) electrons. The smallest absolute Gasteiger partial charge is 0.221 e. The van der Waals surface area contributed by atoms with Crippen LogP contribution < -0.4 is 0 Å². The fourth-order valence-corrected chi connectivity index (χ4v) is 4.19. The van der Waals surface area contributed by atoms with Crippen molar-refractivity contribution >= 4 is 44.2 Å². The quantitative estimate of drug-likeness (QED) is 0.497. The maximum absolute atomic E-state index is 4.71. The van der Waals surface area contributed by atoms with E-state index in [1.807, 2.05) is 29.8 Å². The number of fused-ring (bicyclic) bond motifs is 2. The SMILES string of the molecule is c1csc(-c2cnc3nnn(Cc4csc5ncccc45)c3n2)c1. The Morgan fingerprint density at radius 3 is 3.00 bits per heavy atom. The van der Waals surface area contributed by atoms with Crippen LogP contribution in [-0.4, -0.2) is 29.9 Å². The first-order chi connectivity index (χ1) is 11.9. The van der Waals surface area contributed by atoms with Crippen molar-refractivity contribution < 1.29 is 0 Å². The Labute approximate surface area is 144 Å². The van der Waals surface area contributed by atoms with Gasteiger partial charge in [0, 0.05) is 11.6 Å². The lowest BCUT2D eigenvalue weighted by atomic mass is 10.2. The van der Waals surface area contributed by atoms with Gasteiger partial charge in [-0.25, -0.2) is 19.6 Å². The summed E-state index contributed by atoms with van der Waals surface area (Å²) in [4.78, 5) is 15.6. The van der Waals surface area contributed by atoms with Crippen molar-refractivity contribution in [3.63, 3.8) is 0 Å². The topological polar surface area (TPSA) is 69.4 Å². The zero-order valence-corrected chi connectivity index (χ0v) is 14.0. The van der Waals surface area contributed by atoms with E-state index in [1.165, 1.54) is 5.56 Å². The van der Waals surface area contributed by atoms with Crippen LogP contribution in [0.3, 0.4) is 0 Å². The average molecular weight is 350 g/mol. The number of nitrogens with zero attached hydrogens (tertiary/aromatic N) is 6. The molecule has 0 saturated carbocycles. The van der Waals surface area contributed by atoms with E-state index in [4.69, 9.17) is 4.98 Å². The molecule has 5 aromatic heterocycles. The molecule has 0 fully saturated rings. The molecule has 0 aromatic carbocycles. The maximum atomic E-state index is 4.71. The Morgan fingerprint density at radius 1 is 1.08 bits per heavy atom. The summed E-state index contributed by atoms with van der Waals surface area (Å²) in [6, 6.07) is 8.07. The van der Waals surface area contributed by atoms with E-state index in [0.717, 1.165) is 20.8 Å². The van der Waals surface area contributed by atoms with Crippen LogP contribution in [0.4, 0.5) is 0 Å². The number of rotatable bonds is 3. The highest BCUT2D eigenvalue weighted by atomic mass is 32.1. The lowest BCUT2D eigenvalue weighted by Crippen LogP contribution is -2.03. The summed E-state index contributed by atoms with van der Waals surface area (Å²) in [6.45, 7) is 0.602. The summed E-state index contributed by atoms with van der Waals surface area (Å²) in [5, 5.41) is 13.6. The molecule has 0 atom stereocenters. The molecular formula is C16H10N6S2. The molecule has 5 rings (SSSR count). The van der Waals surface area contributed by atoms with E-state index >= 15 is 0 Å². The molecule has 0 aliphatic heterocycles. The van der Waals surface area contributed by atoms with Gasteiger partial charge >= 0.3 is 0 Å². The van der Waals surface area contributed by atoms with Gasteiger partial charge < -0.3 is 0 Å². The summed E-state index contributed by atoms with van der Waals surface area (Å²) in [7, 11) is 0. The van der Waals surface area contributed by atoms with Gasteiger partial charge in [0.05, 0.1) is 17.6 Å². The van der Waals surface area contributed by atoms with Crippen LogP contribution in [0.2, 0.25) is 0 Å². The Kier molecular flexibility index (Phi) is 3.10. The van der Waals surface area contributed by atoms with Gasteiger partial charge in [-0.2, -0.15) is 0 Å². The monoisotopic (exact) mass is 350 g/mol. The normalized spacial score (nSPS) is 11.5. The predicted molar refractivity (Wildman–Crippen MR) is 95.2 cm³/mol. The minimum atomic E-state index is 0.563. The molecule has 24 heavy (non-hydrogen) atoms. The minimum Gasteiger partial charge on any atom is -0.245 e. The van der Waals surface area contributed by atoms with Crippen molar-refractivity contribution in [2.75, 3.05) is 0 Å². The van der Waals surface area contributed by atoms with E-state index in [1.54, 1.807) is 33.6 Å². The number of hydrogen-bond acceptors (Lipinski definition) is 7. The number of hydrogen-bond donors (Lipinski definition) is 0. The molecule has 0 aliphatic rings. The predicted octanol–water partition coefficient (Wildman–Crippen LogP) is 3.61. The van der Waals surface area contributed by atoms with Crippen molar-refractivity contribution in [1.29, 1.82) is 0 Å². The third-order valence-electron chi connectivity index (χ3n) is 3.75. The fourth-order valence-electron chi connectivity index (χ4n) is 2.61. The highest BCUT2D eigenvalue weighted by Gasteiger charge is 2.13. The highest BCUT2D eigenvalue weighted by molar-refractivity contribution is 7.16. The molecule has 0 spiro atoms. The van der Waals surface area contributed by atoms with Crippen LogP contribution in [0.5, 0.6) is 0 Å². The van der Waals surface area contributed by atoms with E-state index in [9.17, 15) is 0 Å². The van der Waals surface area contributed by atoms with Crippen molar-refractivity contribution in [1.82, 2.24) is 29.9 Å². The van der Waals surface area contributed by atoms with Crippen LogP contribution in [0.25, 0.3) is 32.1 Å². The summed E-state index contributed by atoms with van der Waals surface area (Å²) >= 11 is 3.28. The first-order valence-corrected chi connectivity index (χ1v) is 9.05. The second-order valence-corrected chi connectivity index (χ2v) is 7.05. The second-order valence-electron chi connectivity index (χ2n) is 5.24. The Morgan fingerprint density at radius 2 is 2.08 bits per heavy atom. The molecule has 0 amide bonds. The second kappa shape index (κ2) is 5.43.